The van der Waals surface area contributed by atoms with Crippen LogP contribution < -0.4 is 5.32 Å². The highest BCUT2D eigenvalue weighted by molar-refractivity contribution is 9.13. The van der Waals surface area contributed by atoms with Gasteiger partial charge in [-0.3, -0.25) is 0 Å². The Morgan fingerprint density at radius 3 is 2.53 bits per heavy atom. The number of anilines is 1. The fourth-order valence-corrected chi connectivity index (χ4v) is 2.32. The summed E-state index contributed by atoms with van der Waals surface area (Å²) in [5.74, 6) is 0. The molecular weight excluding hydrogens is 365 g/mol. The van der Waals surface area contributed by atoms with E-state index in [9.17, 15) is 0 Å². The van der Waals surface area contributed by atoms with Crippen molar-refractivity contribution >= 4 is 49.1 Å². The van der Waals surface area contributed by atoms with E-state index in [-0.39, 0.29) is 0 Å². The van der Waals surface area contributed by atoms with Crippen molar-refractivity contribution in [1.82, 2.24) is 0 Å². The maximum atomic E-state index is 5.92. The zero-order valence-electron chi connectivity index (χ0n) is 8.88. The van der Waals surface area contributed by atoms with Crippen molar-refractivity contribution < 1.29 is 0 Å². The number of rotatable bonds is 3. The standard InChI is InChI=1S/C13H10Br2ClN/c14-12-5-4-9(6-13(12)15)8-17-11-3-1-2-10(16)7-11/h1-7,17H,8H2. The van der Waals surface area contributed by atoms with E-state index < -0.39 is 0 Å². The highest BCUT2D eigenvalue weighted by Gasteiger charge is 1.99. The van der Waals surface area contributed by atoms with Gasteiger partial charge >= 0.3 is 0 Å². The Labute approximate surface area is 122 Å². The summed E-state index contributed by atoms with van der Waals surface area (Å²) in [6.07, 6.45) is 0. The molecular formula is C13H10Br2ClN. The topological polar surface area (TPSA) is 12.0 Å². The molecule has 1 N–H and O–H groups in total. The van der Waals surface area contributed by atoms with Crippen LogP contribution in [0.5, 0.6) is 0 Å². The summed E-state index contributed by atoms with van der Waals surface area (Å²) >= 11 is 12.9. The molecule has 0 saturated carbocycles. The average molecular weight is 375 g/mol. The molecule has 1 nitrogen and oxygen atoms in total. The minimum Gasteiger partial charge on any atom is -0.381 e. The van der Waals surface area contributed by atoms with E-state index >= 15 is 0 Å². The van der Waals surface area contributed by atoms with Crippen LogP contribution in [-0.4, -0.2) is 0 Å². The van der Waals surface area contributed by atoms with Gasteiger partial charge in [-0.25, -0.2) is 0 Å². The molecule has 0 atom stereocenters. The minimum absolute atomic E-state index is 0.743. The summed E-state index contributed by atoms with van der Waals surface area (Å²) in [5.41, 5.74) is 2.23. The molecule has 0 aliphatic heterocycles. The molecule has 0 fully saturated rings. The van der Waals surface area contributed by atoms with E-state index in [1.165, 1.54) is 5.56 Å². The molecule has 0 spiro atoms. The second kappa shape index (κ2) is 5.89. The van der Waals surface area contributed by atoms with E-state index in [0.717, 1.165) is 26.2 Å². The van der Waals surface area contributed by atoms with Gasteiger partial charge in [0.15, 0.2) is 0 Å². The van der Waals surface area contributed by atoms with Crippen LogP contribution >= 0.6 is 43.5 Å². The Bertz CT molecular complexity index is 529. The molecule has 2 aromatic rings. The summed E-state index contributed by atoms with van der Waals surface area (Å²) < 4.78 is 2.12. The van der Waals surface area contributed by atoms with Crippen molar-refractivity contribution in [2.45, 2.75) is 6.54 Å². The van der Waals surface area contributed by atoms with Gasteiger partial charge in [0.05, 0.1) is 0 Å². The van der Waals surface area contributed by atoms with Crippen LogP contribution in [0.4, 0.5) is 5.69 Å². The predicted octanol–water partition coefficient (Wildman–Crippen LogP) is 5.48. The lowest BCUT2D eigenvalue weighted by Crippen LogP contribution is -1.99. The second-order valence-electron chi connectivity index (χ2n) is 3.61. The predicted molar refractivity (Wildman–Crippen MR) is 80.6 cm³/mol. The molecule has 17 heavy (non-hydrogen) atoms. The first-order valence-electron chi connectivity index (χ1n) is 5.08. The van der Waals surface area contributed by atoms with Gasteiger partial charge in [-0.15, -0.1) is 0 Å². The van der Waals surface area contributed by atoms with E-state index in [1.54, 1.807) is 0 Å². The Morgan fingerprint density at radius 2 is 1.82 bits per heavy atom. The normalized spacial score (nSPS) is 10.3. The highest BCUT2D eigenvalue weighted by Crippen LogP contribution is 2.24. The van der Waals surface area contributed by atoms with Gasteiger partial charge in [-0.05, 0) is 67.8 Å². The van der Waals surface area contributed by atoms with Crippen LogP contribution in [0.2, 0.25) is 5.02 Å². The molecule has 2 aromatic carbocycles. The fraction of sp³-hybridized carbons (Fsp3) is 0.0769. The smallest absolute Gasteiger partial charge is 0.0426 e. The third-order valence-corrected chi connectivity index (χ3v) is 4.42. The first kappa shape index (κ1) is 12.9. The fourth-order valence-electron chi connectivity index (χ4n) is 1.45. The Kier molecular flexibility index (Phi) is 4.48. The first-order chi connectivity index (χ1) is 8.15. The zero-order chi connectivity index (χ0) is 12.3. The summed E-state index contributed by atoms with van der Waals surface area (Å²) in [6, 6.07) is 13.9. The lowest BCUT2D eigenvalue weighted by atomic mass is 10.2. The highest BCUT2D eigenvalue weighted by atomic mass is 79.9. The SMILES string of the molecule is Clc1cccc(NCc2ccc(Br)c(Br)c2)c1. The average Bonchev–Trinajstić information content (AvgIpc) is 2.31. The Morgan fingerprint density at radius 1 is 1.00 bits per heavy atom. The lowest BCUT2D eigenvalue weighted by molar-refractivity contribution is 1.14. The first-order valence-corrected chi connectivity index (χ1v) is 7.05. The van der Waals surface area contributed by atoms with Crippen molar-refractivity contribution in [3.05, 3.63) is 62.0 Å². The molecule has 0 aliphatic rings. The Hall–Kier alpha value is -0.510. The van der Waals surface area contributed by atoms with Crippen LogP contribution in [0.3, 0.4) is 0 Å². The van der Waals surface area contributed by atoms with Crippen LogP contribution in [0.25, 0.3) is 0 Å². The van der Waals surface area contributed by atoms with Gasteiger partial charge < -0.3 is 5.32 Å². The number of hydrogen-bond donors (Lipinski definition) is 1. The molecule has 0 saturated heterocycles. The van der Waals surface area contributed by atoms with Crippen molar-refractivity contribution in [1.29, 1.82) is 0 Å². The molecule has 0 bridgehead atoms. The molecule has 2 rings (SSSR count). The lowest BCUT2D eigenvalue weighted by Gasteiger charge is -2.07. The van der Waals surface area contributed by atoms with E-state index in [0.29, 0.717) is 0 Å². The molecule has 0 radical (unpaired) electrons. The Balaban J connectivity index is 2.05. The third kappa shape index (κ3) is 3.73. The zero-order valence-corrected chi connectivity index (χ0v) is 12.8. The maximum absolute atomic E-state index is 5.92. The minimum atomic E-state index is 0.743. The molecule has 0 amide bonds. The second-order valence-corrected chi connectivity index (χ2v) is 5.76. The largest absolute Gasteiger partial charge is 0.381 e. The number of hydrogen-bond acceptors (Lipinski definition) is 1. The van der Waals surface area contributed by atoms with E-state index in [4.69, 9.17) is 11.6 Å². The number of benzene rings is 2. The van der Waals surface area contributed by atoms with Crippen molar-refractivity contribution in [3.63, 3.8) is 0 Å². The van der Waals surface area contributed by atoms with Gasteiger partial charge in [0.2, 0.25) is 0 Å². The van der Waals surface area contributed by atoms with Crippen LogP contribution in [0, 0.1) is 0 Å². The number of halogens is 3. The molecule has 0 heterocycles. The molecule has 0 unspecified atom stereocenters. The summed E-state index contributed by atoms with van der Waals surface area (Å²) in [7, 11) is 0. The van der Waals surface area contributed by atoms with Crippen LogP contribution in [0.15, 0.2) is 51.4 Å². The van der Waals surface area contributed by atoms with Crippen molar-refractivity contribution in [2.75, 3.05) is 5.32 Å². The maximum Gasteiger partial charge on any atom is 0.0426 e. The molecule has 4 heteroatoms. The van der Waals surface area contributed by atoms with E-state index in [1.807, 2.05) is 30.3 Å². The monoisotopic (exact) mass is 373 g/mol. The van der Waals surface area contributed by atoms with Gasteiger partial charge in [-0.1, -0.05) is 23.7 Å². The summed E-state index contributed by atoms with van der Waals surface area (Å²) in [4.78, 5) is 0. The number of nitrogens with one attached hydrogen (secondary N) is 1. The van der Waals surface area contributed by atoms with Crippen molar-refractivity contribution in [3.8, 4) is 0 Å². The van der Waals surface area contributed by atoms with Crippen LogP contribution in [0.1, 0.15) is 5.56 Å². The summed E-state index contributed by atoms with van der Waals surface area (Å²) in [5, 5.41) is 4.07. The van der Waals surface area contributed by atoms with E-state index in [2.05, 4.69) is 49.3 Å². The molecule has 0 aromatic heterocycles. The summed E-state index contributed by atoms with van der Waals surface area (Å²) in [6.45, 7) is 0.770. The van der Waals surface area contributed by atoms with Gasteiger partial charge in [0.1, 0.15) is 0 Å². The van der Waals surface area contributed by atoms with Crippen LogP contribution in [-0.2, 0) is 6.54 Å². The molecule has 88 valence electrons. The third-order valence-electron chi connectivity index (χ3n) is 2.31. The van der Waals surface area contributed by atoms with Gasteiger partial charge in [0.25, 0.3) is 0 Å². The van der Waals surface area contributed by atoms with Gasteiger partial charge in [-0.2, -0.15) is 0 Å². The quantitative estimate of drug-likeness (QED) is 0.749. The van der Waals surface area contributed by atoms with Gasteiger partial charge in [0, 0.05) is 26.2 Å². The molecule has 0 aliphatic carbocycles. The van der Waals surface area contributed by atoms with Crippen molar-refractivity contribution in [2.24, 2.45) is 0 Å².